The first kappa shape index (κ1) is 37.5. The molecule has 0 saturated heterocycles. The van der Waals surface area contributed by atoms with E-state index in [2.05, 4.69) is 0 Å². The molecule has 37 heavy (non-hydrogen) atoms. The van der Waals surface area contributed by atoms with Crippen LogP contribution in [0.5, 0.6) is 0 Å². The number of aliphatic hydroxyl groups excluding tert-OH is 3. The van der Waals surface area contributed by atoms with Gasteiger partial charge in [-0.05, 0) is 56.7 Å². The molecule has 0 atom stereocenters. The van der Waals surface area contributed by atoms with Gasteiger partial charge in [-0.1, -0.05) is 61.5 Å². The zero-order valence-corrected chi connectivity index (χ0v) is 21.4. The van der Waals surface area contributed by atoms with Crippen LogP contribution >= 0.6 is 0 Å². The van der Waals surface area contributed by atoms with E-state index in [0.717, 1.165) is 6.42 Å². The third kappa shape index (κ3) is 26.4. The molecule has 0 fully saturated rings. The summed E-state index contributed by atoms with van der Waals surface area (Å²) in [5.74, 6) is -2.64. The molecule has 0 aliphatic heterocycles. The zero-order valence-electron chi connectivity index (χ0n) is 21.4. The minimum Gasteiger partial charge on any atom is -0.478 e. The van der Waals surface area contributed by atoms with E-state index < -0.39 is 17.9 Å². The van der Waals surface area contributed by atoms with E-state index in [0.29, 0.717) is 23.3 Å². The van der Waals surface area contributed by atoms with Gasteiger partial charge in [0.15, 0.2) is 0 Å². The third-order valence-electron chi connectivity index (χ3n) is 3.29. The number of benzene rings is 3. The van der Waals surface area contributed by atoms with Crippen LogP contribution in [0.2, 0.25) is 0 Å². The molecule has 9 heteroatoms. The highest BCUT2D eigenvalue weighted by molar-refractivity contribution is 5.88. The summed E-state index contributed by atoms with van der Waals surface area (Å²) in [4.78, 5) is 30.6. The van der Waals surface area contributed by atoms with E-state index in [1.54, 1.807) is 105 Å². The van der Waals surface area contributed by atoms with Crippen LogP contribution in [0.25, 0.3) is 0 Å². The lowest BCUT2D eigenvalue weighted by Gasteiger charge is -1.88. The lowest BCUT2D eigenvalue weighted by molar-refractivity contribution is 0.0686. The van der Waals surface area contributed by atoms with E-state index in [9.17, 15) is 14.4 Å². The van der Waals surface area contributed by atoms with Crippen LogP contribution in [0.15, 0.2) is 91.0 Å². The normalized spacial score (nSPS) is 8.27. The molecule has 0 spiro atoms. The maximum atomic E-state index is 10.2. The van der Waals surface area contributed by atoms with Gasteiger partial charge in [-0.25, -0.2) is 14.4 Å². The zero-order chi connectivity index (χ0) is 28.9. The van der Waals surface area contributed by atoms with Crippen molar-refractivity contribution in [2.75, 3.05) is 19.8 Å². The molecule has 9 nitrogen and oxygen atoms in total. The molecule has 6 N–H and O–H groups in total. The molecule has 0 bridgehead atoms. The first-order valence-corrected chi connectivity index (χ1v) is 11.3. The van der Waals surface area contributed by atoms with Crippen LogP contribution in [-0.2, 0) is 0 Å². The Kier molecular flexibility index (Phi) is 28.6. The minimum absolute atomic E-state index is 0.250. The maximum absolute atomic E-state index is 10.2. The third-order valence-corrected chi connectivity index (χ3v) is 3.29. The Balaban J connectivity index is -0.000000399. The Morgan fingerprint density at radius 2 is 0.649 bits per heavy atom. The lowest BCUT2D eigenvalue weighted by Crippen LogP contribution is -1.93. The van der Waals surface area contributed by atoms with Crippen molar-refractivity contribution in [3.63, 3.8) is 0 Å². The average Bonchev–Trinajstić information content (AvgIpc) is 2.92. The second kappa shape index (κ2) is 28.2. The Bertz CT molecular complexity index is 794. The molecule has 3 aromatic rings. The van der Waals surface area contributed by atoms with Crippen LogP contribution in [0.1, 0.15) is 58.3 Å². The summed E-state index contributed by atoms with van der Waals surface area (Å²) in [6, 6.07) is 24.9. The molecule has 204 valence electrons. The van der Waals surface area contributed by atoms with Crippen LogP contribution in [0.3, 0.4) is 0 Å². The molecule has 3 rings (SSSR count). The van der Waals surface area contributed by atoms with Gasteiger partial charge in [0.05, 0.1) is 16.7 Å². The molecule has 0 saturated carbocycles. The molecule has 0 aromatic heterocycles. The van der Waals surface area contributed by atoms with Crippen molar-refractivity contribution >= 4 is 17.9 Å². The van der Waals surface area contributed by atoms with E-state index in [4.69, 9.17) is 30.6 Å². The lowest BCUT2D eigenvalue weighted by atomic mass is 10.2. The summed E-state index contributed by atoms with van der Waals surface area (Å²) in [6.07, 6.45) is 0.875. The molecular formula is C28H38O9. The van der Waals surface area contributed by atoms with Crippen molar-refractivity contribution in [3.05, 3.63) is 108 Å². The number of carboxylic acids is 3. The van der Waals surface area contributed by atoms with Gasteiger partial charge in [-0.3, -0.25) is 0 Å². The minimum atomic E-state index is -0.879. The van der Waals surface area contributed by atoms with Crippen molar-refractivity contribution in [3.8, 4) is 0 Å². The van der Waals surface area contributed by atoms with Crippen molar-refractivity contribution in [1.29, 1.82) is 0 Å². The second-order valence-electron chi connectivity index (χ2n) is 6.37. The number of hydrogen-bond donors (Lipinski definition) is 6. The summed E-state index contributed by atoms with van der Waals surface area (Å²) in [5, 5.41) is 48.2. The number of carbonyl (C=O) groups is 3. The van der Waals surface area contributed by atoms with Crippen molar-refractivity contribution in [1.82, 2.24) is 0 Å². The summed E-state index contributed by atoms with van der Waals surface area (Å²) in [7, 11) is 0. The van der Waals surface area contributed by atoms with Gasteiger partial charge in [-0.2, -0.15) is 0 Å². The number of rotatable bonds is 4. The van der Waals surface area contributed by atoms with Crippen LogP contribution in [-0.4, -0.2) is 68.4 Å². The first-order chi connectivity index (χ1) is 17.7. The summed E-state index contributed by atoms with van der Waals surface area (Å²) >= 11 is 0. The number of aliphatic hydroxyl groups is 3. The molecule has 0 aliphatic rings. The highest BCUT2D eigenvalue weighted by atomic mass is 16.4. The molecule has 0 heterocycles. The van der Waals surface area contributed by atoms with E-state index in [1.165, 1.54) is 0 Å². The smallest absolute Gasteiger partial charge is 0.335 e. The fourth-order valence-electron chi connectivity index (χ4n) is 1.74. The second-order valence-corrected chi connectivity index (χ2v) is 6.37. The largest absolute Gasteiger partial charge is 0.478 e. The number of carboxylic acid groups (broad SMARTS) is 3. The molecular weight excluding hydrogens is 480 g/mol. The fraction of sp³-hybridized carbons (Fsp3) is 0.250. The van der Waals surface area contributed by atoms with E-state index in [-0.39, 0.29) is 13.2 Å². The van der Waals surface area contributed by atoms with Gasteiger partial charge >= 0.3 is 17.9 Å². The van der Waals surface area contributed by atoms with Crippen LogP contribution in [0, 0.1) is 0 Å². The van der Waals surface area contributed by atoms with E-state index >= 15 is 0 Å². The number of hydrogen-bond acceptors (Lipinski definition) is 6. The van der Waals surface area contributed by atoms with Gasteiger partial charge in [0.1, 0.15) is 0 Å². The molecule has 0 aliphatic carbocycles. The Labute approximate surface area is 217 Å². The predicted molar refractivity (Wildman–Crippen MR) is 143 cm³/mol. The fourth-order valence-corrected chi connectivity index (χ4v) is 1.74. The number of aromatic carboxylic acids is 3. The summed E-state index contributed by atoms with van der Waals surface area (Å²) in [6.45, 7) is 6.11. The van der Waals surface area contributed by atoms with Gasteiger partial charge < -0.3 is 30.6 Å². The van der Waals surface area contributed by atoms with Crippen molar-refractivity contribution < 1.29 is 45.0 Å². The van der Waals surface area contributed by atoms with Gasteiger partial charge in [0.25, 0.3) is 0 Å². The average molecular weight is 519 g/mol. The Morgan fingerprint density at radius 3 is 0.730 bits per heavy atom. The Hall–Kier alpha value is -4.05. The van der Waals surface area contributed by atoms with Crippen LogP contribution in [0.4, 0.5) is 0 Å². The monoisotopic (exact) mass is 518 g/mol. The SMILES string of the molecule is CCCO.CCO.CCO.O=C(O)c1ccccc1.O=C(O)c1ccccc1.O=C(O)c1ccccc1. The van der Waals surface area contributed by atoms with Crippen LogP contribution < -0.4 is 0 Å². The summed E-state index contributed by atoms with van der Waals surface area (Å²) in [5.41, 5.74) is 0.993. The predicted octanol–water partition coefficient (Wildman–Crippen LogP) is 4.54. The highest BCUT2D eigenvalue weighted by Gasteiger charge is 1.98. The quantitative estimate of drug-likeness (QED) is 0.290. The highest BCUT2D eigenvalue weighted by Crippen LogP contribution is 1.97. The summed E-state index contributed by atoms with van der Waals surface area (Å²) < 4.78 is 0. The molecule has 3 aromatic carbocycles. The Morgan fingerprint density at radius 1 is 0.486 bits per heavy atom. The van der Waals surface area contributed by atoms with Gasteiger partial charge in [-0.15, -0.1) is 0 Å². The molecule has 0 amide bonds. The van der Waals surface area contributed by atoms with Gasteiger partial charge in [0, 0.05) is 19.8 Å². The molecule has 0 radical (unpaired) electrons. The van der Waals surface area contributed by atoms with Crippen molar-refractivity contribution in [2.24, 2.45) is 0 Å². The topological polar surface area (TPSA) is 173 Å². The standard InChI is InChI=1S/3C7H6O2.C3H8O.2C2H6O/c3*8-7(9)6-4-2-1-3-5-6;1-2-3-4;2*1-2-3/h3*1-5H,(H,8,9);4H,2-3H2,1H3;2*3H,2H2,1H3. The van der Waals surface area contributed by atoms with E-state index in [1.807, 2.05) is 6.92 Å². The molecule has 0 unspecified atom stereocenters. The maximum Gasteiger partial charge on any atom is 0.335 e. The van der Waals surface area contributed by atoms with Gasteiger partial charge in [0.2, 0.25) is 0 Å². The van der Waals surface area contributed by atoms with Crippen molar-refractivity contribution in [2.45, 2.75) is 27.2 Å². The first-order valence-electron chi connectivity index (χ1n) is 11.3.